The molecule has 1 fully saturated rings. The van der Waals surface area contributed by atoms with Gasteiger partial charge in [0.1, 0.15) is 11.7 Å². The van der Waals surface area contributed by atoms with Gasteiger partial charge >= 0.3 is 0 Å². The summed E-state index contributed by atoms with van der Waals surface area (Å²) >= 11 is 5.38. The van der Waals surface area contributed by atoms with E-state index in [0.717, 1.165) is 16.9 Å². The predicted molar refractivity (Wildman–Crippen MR) is 99.6 cm³/mol. The van der Waals surface area contributed by atoms with Crippen LogP contribution in [0.2, 0.25) is 0 Å². The van der Waals surface area contributed by atoms with Crippen LogP contribution in [0.4, 0.5) is 0 Å². The van der Waals surface area contributed by atoms with Gasteiger partial charge in [0, 0.05) is 11.1 Å². The lowest BCUT2D eigenvalue weighted by Gasteiger charge is -2.49. The van der Waals surface area contributed by atoms with E-state index < -0.39 is 5.72 Å². The molecule has 7 heteroatoms. The Morgan fingerprint density at radius 1 is 1.08 bits per heavy atom. The minimum absolute atomic E-state index is 0.109. The molecule has 3 unspecified atom stereocenters. The van der Waals surface area contributed by atoms with Gasteiger partial charge in [-0.1, -0.05) is 53.7 Å². The third-order valence-corrected chi connectivity index (χ3v) is 5.11. The van der Waals surface area contributed by atoms with Crippen molar-refractivity contribution in [1.82, 2.24) is 20.8 Å². The van der Waals surface area contributed by atoms with Crippen molar-refractivity contribution in [1.29, 1.82) is 0 Å². The normalized spacial score (nSPS) is 26.3. The lowest BCUT2D eigenvalue weighted by atomic mass is 9.80. The van der Waals surface area contributed by atoms with Gasteiger partial charge < -0.3 is 19.9 Å². The van der Waals surface area contributed by atoms with Gasteiger partial charge in [0.25, 0.3) is 0 Å². The van der Waals surface area contributed by atoms with Gasteiger partial charge in [0.2, 0.25) is 11.7 Å². The van der Waals surface area contributed by atoms with Crippen LogP contribution in [0.15, 0.2) is 59.1 Å². The first-order valence-electron chi connectivity index (χ1n) is 8.40. The van der Waals surface area contributed by atoms with Crippen molar-refractivity contribution < 1.29 is 9.26 Å². The van der Waals surface area contributed by atoms with Crippen LogP contribution in [0.25, 0.3) is 11.4 Å². The van der Waals surface area contributed by atoms with Crippen molar-refractivity contribution in [3.63, 3.8) is 0 Å². The summed E-state index contributed by atoms with van der Waals surface area (Å²) in [5, 5.41) is 11.3. The minimum atomic E-state index is -0.776. The van der Waals surface area contributed by atoms with Crippen molar-refractivity contribution in [3.05, 3.63) is 66.1 Å². The molecule has 3 aromatic rings. The quantitative estimate of drug-likeness (QED) is 0.677. The maximum Gasteiger partial charge on any atom is 0.238 e. The molecule has 2 bridgehead atoms. The second-order valence-corrected chi connectivity index (χ2v) is 7.03. The molecule has 1 aromatic heterocycles. The highest BCUT2D eigenvalue weighted by Crippen LogP contribution is 2.49. The number of hydrogen-bond acceptors (Lipinski definition) is 5. The summed E-state index contributed by atoms with van der Waals surface area (Å²) in [5.41, 5.74) is 1.16. The highest BCUT2D eigenvalue weighted by Gasteiger charge is 2.54. The van der Waals surface area contributed by atoms with E-state index >= 15 is 0 Å². The number of ether oxygens (including phenoxy) is 1. The van der Waals surface area contributed by atoms with Gasteiger partial charge in [0.05, 0.1) is 6.04 Å². The fourth-order valence-corrected chi connectivity index (χ4v) is 4.06. The van der Waals surface area contributed by atoms with Gasteiger partial charge in [-0.05, 0) is 25.2 Å². The zero-order valence-corrected chi connectivity index (χ0v) is 14.8. The molecule has 2 aromatic carbocycles. The van der Waals surface area contributed by atoms with Crippen LogP contribution in [0.5, 0.6) is 5.75 Å². The molecule has 0 saturated carbocycles. The maximum absolute atomic E-state index is 6.28. The summed E-state index contributed by atoms with van der Waals surface area (Å²) in [5.74, 6) is 1.66. The van der Waals surface area contributed by atoms with Crippen molar-refractivity contribution >= 4 is 17.3 Å². The number of rotatable bonds is 2. The Labute approximate surface area is 155 Å². The molecule has 0 aliphatic carbocycles. The average molecular weight is 364 g/mol. The summed E-state index contributed by atoms with van der Waals surface area (Å²) in [6, 6.07) is 17.6. The van der Waals surface area contributed by atoms with Crippen molar-refractivity contribution in [2.75, 3.05) is 0 Å². The first kappa shape index (κ1) is 15.3. The van der Waals surface area contributed by atoms with Crippen LogP contribution in [0.1, 0.15) is 30.3 Å². The lowest BCUT2D eigenvalue weighted by Crippen LogP contribution is -2.67. The number of nitrogens with zero attached hydrogens (tertiary/aromatic N) is 2. The van der Waals surface area contributed by atoms with Crippen LogP contribution < -0.4 is 15.4 Å². The molecular formula is C19H16N4O2S. The predicted octanol–water partition coefficient (Wildman–Crippen LogP) is 3.15. The summed E-state index contributed by atoms with van der Waals surface area (Å²) in [6.45, 7) is 1.96. The van der Waals surface area contributed by atoms with E-state index in [9.17, 15) is 0 Å². The topological polar surface area (TPSA) is 72.2 Å². The van der Waals surface area contributed by atoms with Gasteiger partial charge in [-0.3, -0.25) is 0 Å². The highest BCUT2D eigenvalue weighted by molar-refractivity contribution is 7.80. The van der Waals surface area contributed by atoms with Crippen LogP contribution in [-0.2, 0) is 0 Å². The molecule has 0 amide bonds. The van der Waals surface area contributed by atoms with E-state index in [-0.39, 0.29) is 12.0 Å². The smallest absolute Gasteiger partial charge is 0.238 e. The van der Waals surface area contributed by atoms with Gasteiger partial charge in [0.15, 0.2) is 10.8 Å². The molecule has 5 rings (SSSR count). The van der Waals surface area contributed by atoms with E-state index in [0.29, 0.717) is 16.8 Å². The first-order chi connectivity index (χ1) is 12.6. The molecule has 3 heterocycles. The van der Waals surface area contributed by atoms with Gasteiger partial charge in [-0.2, -0.15) is 4.98 Å². The number of nitrogens with one attached hydrogen (secondary N) is 2. The second-order valence-electron chi connectivity index (χ2n) is 6.62. The fraction of sp³-hybridized carbons (Fsp3) is 0.211. The third kappa shape index (κ3) is 2.28. The largest absolute Gasteiger partial charge is 0.467 e. The summed E-state index contributed by atoms with van der Waals surface area (Å²) in [7, 11) is 0. The SMILES string of the molecule is CC12NC(=S)NC(c3ccccc3O1)C2c1nc(-c2ccccc2)no1. The van der Waals surface area contributed by atoms with Crippen LogP contribution >= 0.6 is 12.2 Å². The third-order valence-electron chi connectivity index (χ3n) is 4.89. The summed E-state index contributed by atoms with van der Waals surface area (Å²) in [6.07, 6.45) is 0. The van der Waals surface area contributed by atoms with Gasteiger partial charge in [-0.15, -0.1) is 0 Å². The van der Waals surface area contributed by atoms with Crippen molar-refractivity contribution in [3.8, 4) is 17.1 Å². The Morgan fingerprint density at radius 3 is 2.69 bits per heavy atom. The first-order valence-corrected chi connectivity index (χ1v) is 8.80. The lowest BCUT2D eigenvalue weighted by molar-refractivity contribution is -0.0102. The molecular weight excluding hydrogens is 348 g/mol. The van der Waals surface area contributed by atoms with E-state index in [2.05, 4.69) is 20.8 Å². The summed E-state index contributed by atoms with van der Waals surface area (Å²) < 4.78 is 11.9. The minimum Gasteiger partial charge on any atom is -0.467 e. The number of fused-ring (bicyclic) bond motifs is 4. The molecule has 3 atom stereocenters. The van der Waals surface area contributed by atoms with Gasteiger partial charge in [-0.25, -0.2) is 0 Å². The number of para-hydroxylation sites is 1. The molecule has 6 nitrogen and oxygen atoms in total. The Hall–Kier alpha value is -2.93. The maximum atomic E-state index is 6.28. The summed E-state index contributed by atoms with van der Waals surface area (Å²) in [4.78, 5) is 4.65. The molecule has 1 saturated heterocycles. The monoisotopic (exact) mass is 364 g/mol. The molecule has 2 aliphatic heterocycles. The fourth-order valence-electron chi connectivity index (χ4n) is 3.73. The molecule has 26 heavy (non-hydrogen) atoms. The molecule has 2 aliphatic rings. The van der Waals surface area contributed by atoms with E-state index in [4.69, 9.17) is 21.5 Å². The second kappa shape index (κ2) is 5.54. The number of thiocarbonyl (C=S) groups is 1. The standard InChI is InChI=1S/C19H16N4O2S/c1-19-14(17-21-16(23-25-17)11-7-3-2-4-8-11)15(20-18(26)22-19)12-9-5-6-10-13(12)24-19/h2-10,14-15H,1H3,(H2,20,22,26). The molecule has 0 radical (unpaired) electrons. The zero-order chi connectivity index (χ0) is 17.7. The Bertz CT molecular complexity index is 990. The molecule has 0 spiro atoms. The van der Waals surface area contributed by atoms with Crippen LogP contribution in [0, 0.1) is 0 Å². The average Bonchev–Trinajstić information content (AvgIpc) is 3.11. The molecule has 2 N–H and O–H groups in total. The van der Waals surface area contributed by atoms with E-state index in [1.54, 1.807) is 0 Å². The van der Waals surface area contributed by atoms with E-state index in [1.165, 1.54) is 0 Å². The highest BCUT2D eigenvalue weighted by atomic mass is 32.1. The molecule has 130 valence electrons. The Kier molecular flexibility index (Phi) is 3.27. The zero-order valence-electron chi connectivity index (χ0n) is 14.0. The Morgan fingerprint density at radius 2 is 1.85 bits per heavy atom. The number of benzene rings is 2. The van der Waals surface area contributed by atoms with Crippen LogP contribution in [-0.4, -0.2) is 21.0 Å². The van der Waals surface area contributed by atoms with Crippen molar-refractivity contribution in [2.24, 2.45) is 0 Å². The van der Waals surface area contributed by atoms with Crippen molar-refractivity contribution in [2.45, 2.75) is 24.6 Å². The number of aromatic nitrogens is 2. The Balaban J connectivity index is 1.61. The van der Waals surface area contributed by atoms with Crippen LogP contribution in [0.3, 0.4) is 0 Å². The van der Waals surface area contributed by atoms with E-state index in [1.807, 2.05) is 61.5 Å². The number of hydrogen-bond donors (Lipinski definition) is 2.